The normalized spacial score (nSPS) is 23.2. The lowest BCUT2D eigenvalue weighted by molar-refractivity contribution is -0.255. The lowest BCUT2D eigenvalue weighted by Crippen LogP contribution is -2.70. The average molecular weight is 829 g/mol. The summed E-state index contributed by atoms with van der Waals surface area (Å²) < 4.78 is 27.0. The first-order valence-electron chi connectivity index (χ1n) is 21.9. The second-order valence-electron chi connectivity index (χ2n) is 16.2. The second kappa shape index (κ2) is 20.9. The van der Waals surface area contributed by atoms with Crippen molar-refractivity contribution in [1.82, 2.24) is 4.90 Å². The van der Waals surface area contributed by atoms with Crippen molar-refractivity contribution in [3.63, 3.8) is 0 Å². The molecule has 10 nitrogen and oxygen atoms in total. The van der Waals surface area contributed by atoms with Crippen molar-refractivity contribution in [2.24, 2.45) is 22.9 Å². The molecular weight excluding hydrogens is 769 g/mol. The van der Waals surface area contributed by atoms with Crippen LogP contribution in [0.5, 0.6) is 17.2 Å². The van der Waals surface area contributed by atoms with E-state index in [1.165, 1.54) is 0 Å². The third kappa shape index (κ3) is 9.72. The van der Waals surface area contributed by atoms with Gasteiger partial charge >= 0.3 is 6.09 Å². The van der Waals surface area contributed by atoms with Gasteiger partial charge in [-0.2, -0.15) is 0 Å². The number of aliphatic hydroxyl groups is 2. The van der Waals surface area contributed by atoms with Gasteiger partial charge in [0.2, 0.25) is 5.79 Å². The summed E-state index contributed by atoms with van der Waals surface area (Å²) in [6.45, 7) is 6.99. The zero-order valence-electron chi connectivity index (χ0n) is 35.5. The van der Waals surface area contributed by atoms with E-state index in [4.69, 9.17) is 23.8 Å². The monoisotopic (exact) mass is 828 g/mol. The zero-order chi connectivity index (χ0) is 42.6. The molecule has 3 aliphatic rings. The average Bonchev–Trinajstić information content (AvgIpc) is 3.29. The number of allylic oxidation sites excluding steroid dienone is 1. The van der Waals surface area contributed by atoms with Crippen LogP contribution in [-0.4, -0.2) is 72.2 Å². The Morgan fingerprint density at radius 3 is 2.28 bits per heavy atom. The summed E-state index contributed by atoms with van der Waals surface area (Å²) >= 11 is 0. The van der Waals surface area contributed by atoms with Crippen molar-refractivity contribution in [3.05, 3.63) is 139 Å². The minimum absolute atomic E-state index is 0.0842. The summed E-state index contributed by atoms with van der Waals surface area (Å²) in [7, 11) is 1.55. The van der Waals surface area contributed by atoms with E-state index in [0.29, 0.717) is 49.5 Å². The number of ether oxygens (including phenoxy) is 4. The first kappa shape index (κ1) is 43.7. The van der Waals surface area contributed by atoms with Gasteiger partial charge < -0.3 is 34.0 Å². The fraction of sp³-hybridized carbons (Fsp3) is 0.412. The zero-order valence-corrected chi connectivity index (χ0v) is 35.5. The van der Waals surface area contributed by atoms with E-state index >= 15 is 0 Å². The van der Waals surface area contributed by atoms with Crippen molar-refractivity contribution >= 4 is 11.8 Å². The molecule has 0 saturated heterocycles. The first-order chi connectivity index (χ1) is 29.9. The number of hydrogen-bond acceptors (Lipinski definition) is 9. The molecule has 0 spiro atoms. The Labute approximate surface area is 360 Å². The van der Waals surface area contributed by atoms with Crippen LogP contribution in [0.4, 0.5) is 4.79 Å². The number of aliphatic hydroxyl groups excluding tert-OH is 2. The lowest BCUT2D eigenvalue weighted by atomic mass is 9.55. The van der Waals surface area contributed by atoms with Gasteiger partial charge in [0.1, 0.15) is 37.0 Å². The standard InChI is InChI=1S/C51H60N2O8/c1-4-28-53(50(56)58-35-36-16-8-6-9-17-36)47-34-45(52-57-3)43-32-39(20-12-14-29-54)42(21-13-15-30-55)48-44-33-41(26-27-46(44)61-51(47,49(43)48)59-31-5-2)60-40-24-22-38(23-25-40)37-18-10-7-11-19-37/h5-11,16-19,22-27,32-33,39,42,47-49,54-55H,2,4,12-15,20-21,28-31,34-35H2,1,3H3/t39-,42+,47-,48+,49+,51+/m0/s1. The van der Waals surface area contributed by atoms with Crippen LogP contribution in [0.25, 0.3) is 11.1 Å². The van der Waals surface area contributed by atoms with E-state index in [1.807, 2.05) is 79.7 Å². The molecule has 0 unspecified atom stereocenters. The quantitative estimate of drug-likeness (QED) is 0.0514. The SMILES string of the molecule is C=CCO[C@@]12Oc3ccc(Oc4ccc(-c5ccccc5)cc4)cc3[C@H]3[C@H](CCCCO)[C@@H](CCCCO)C=C(C(=NOC)C[C@@H]1N(CCC)C(=O)OCc1ccccc1)[C@H]32. The highest BCUT2D eigenvalue weighted by Crippen LogP contribution is 2.62. The number of rotatable bonds is 20. The smallest absolute Gasteiger partial charge is 0.410 e. The Bertz CT molecular complexity index is 2110. The number of amides is 1. The summed E-state index contributed by atoms with van der Waals surface area (Å²) in [6.07, 6.45) is 9.29. The van der Waals surface area contributed by atoms with Gasteiger partial charge in [0.25, 0.3) is 0 Å². The van der Waals surface area contributed by atoms with Crippen molar-refractivity contribution < 1.29 is 38.8 Å². The maximum absolute atomic E-state index is 14.4. The molecular formula is C51H60N2O8. The fourth-order valence-corrected chi connectivity index (χ4v) is 9.72. The lowest BCUT2D eigenvalue weighted by Gasteiger charge is -2.59. The largest absolute Gasteiger partial charge is 0.459 e. The van der Waals surface area contributed by atoms with Crippen molar-refractivity contribution in [2.75, 3.05) is 33.5 Å². The molecule has 4 aromatic carbocycles. The van der Waals surface area contributed by atoms with Gasteiger partial charge in [0.05, 0.1) is 18.2 Å². The van der Waals surface area contributed by atoms with Gasteiger partial charge in [-0.05, 0) is 96.5 Å². The van der Waals surface area contributed by atoms with Crippen LogP contribution in [0.15, 0.2) is 133 Å². The predicted octanol–water partition coefficient (Wildman–Crippen LogP) is 10.5. The van der Waals surface area contributed by atoms with Crippen LogP contribution >= 0.6 is 0 Å². The first-order valence-corrected chi connectivity index (χ1v) is 21.9. The maximum atomic E-state index is 14.4. The number of carbonyl (C=O) groups is 1. The summed E-state index contributed by atoms with van der Waals surface area (Å²) in [5.74, 6) is 0.264. The highest BCUT2D eigenvalue weighted by Gasteiger charge is 2.65. The van der Waals surface area contributed by atoms with E-state index in [0.717, 1.165) is 59.2 Å². The van der Waals surface area contributed by atoms with E-state index in [9.17, 15) is 15.0 Å². The maximum Gasteiger partial charge on any atom is 0.410 e. The van der Waals surface area contributed by atoms with Crippen LogP contribution in [0.3, 0.4) is 0 Å². The van der Waals surface area contributed by atoms with Crippen LogP contribution in [0, 0.1) is 17.8 Å². The van der Waals surface area contributed by atoms with Gasteiger partial charge in [-0.25, -0.2) is 4.79 Å². The number of fused-ring (bicyclic) bond motifs is 2. The summed E-state index contributed by atoms with van der Waals surface area (Å²) in [5.41, 5.74) is 5.81. The number of carbonyl (C=O) groups excluding carboxylic acids is 1. The third-order valence-electron chi connectivity index (χ3n) is 12.3. The van der Waals surface area contributed by atoms with E-state index in [2.05, 4.69) is 48.1 Å². The molecule has 61 heavy (non-hydrogen) atoms. The molecule has 2 N–H and O–H groups in total. The number of nitrogens with zero attached hydrogens (tertiary/aromatic N) is 2. The molecule has 0 aromatic heterocycles. The van der Waals surface area contributed by atoms with Crippen LogP contribution in [-0.2, 0) is 20.9 Å². The number of oxime groups is 1. The minimum atomic E-state index is -1.37. The van der Waals surface area contributed by atoms with Crippen LogP contribution < -0.4 is 9.47 Å². The summed E-state index contributed by atoms with van der Waals surface area (Å²) in [6, 6.07) is 33.4. The topological polar surface area (TPSA) is 119 Å². The molecule has 6 atom stereocenters. The molecule has 0 radical (unpaired) electrons. The number of benzene rings is 4. The van der Waals surface area contributed by atoms with E-state index < -0.39 is 23.8 Å². The molecule has 2 aliphatic carbocycles. The highest BCUT2D eigenvalue weighted by atomic mass is 16.7. The van der Waals surface area contributed by atoms with Crippen molar-refractivity contribution in [1.29, 1.82) is 0 Å². The van der Waals surface area contributed by atoms with Gasteiger partial charge in [-0.3, -0.25) is 4.90 Å². The minimum Gasteiger partial charge on any atom is -0.459 e. The highest BCUT2D eigenvalue weighted by molar-refractivity contribution is 6.03. The molecule has 1 saturated carbocycles. The Balaban J connectivity index is 1.36. The number of hydrogen-bond donors (Lipinski definition) is 2. The van der Waals surface area contributed by atoms with E-state index in [1.54, 1.807) is 18.1 Å². The molecule has 1 aliphatic heterocycles. The van der Waals surface area contributed by atoms with Gasteiger partial charge in [0, 0.05) is 37.7 Å². The van der Waals surface area contributed by atoms with Gasteiger partial charge in [-0.1, -0.05) is 110 Å². The van der Waals surface area contributed by atoms with E-state index in [-0.39, 0.29) is 44.2 Å². The Morgan fingerprint density at radius 2 is 1.59 bits per heavy atom. The molecule has 7 rings (SSSR count). The molecule has 1 amide bonds. The third-order valence-corrected chi connectivity index (χ3v) is 12.3. The van der Waals surface area contributed by atoms with Gasteiger partial charge in [-0.15, -0.1) is 6.58 Å². The molecule has 1 heterocycles. The Kier molecular flexibility index (Phi) is 15.0. The van der Waals surface area contributed by atoms with Crippen molar-refractivity contribution in [3.8, 4) is 28.4 Å². The fourth-order valence-electron chi connectivity index (χ4n) is 9.72. The second-order valence-corrected chi connectivity index (χ2v) is 16.2. The summed E-state index contributed by atoms with van der Waals surface area (Å²) in [5, 5.41) is 24.5. The molecule has 1 fully saturated rings. The molecule has 4 aromatic rings. The van der Waals surface area contributed by atoms with Crippen molar-refractivity contribution in [2.45, 2.75) is 82.6 Å². The Morgan fingerprint density at radius 1 is 0.902 bits per heavy atom. The molecule has 10 heteroatoms. The van der Waals surface area contributed by atoms with Crippen LogP contribution in [0.2, 0.25) is 0 Å². The molecule has 0 bridgehead atoms. The number of unbranched alkanes of at least 4 members (excludes halogenated alkanes) is 2. The molecule has 322 valence electrons. The Hall–Kier alpha value is -5.42. The predicted molar refractivity (Wildman–Crippen MR) is 238 cm³/mol. The summed E-state index contributed by atoms with van der Waals surface area (Å²) in [4.78, 5) is 21.8. The van der Waals surface area contributed by atoms with Gasteiger partial charge in [0.15, 0.2) is 0 Å². The van der Waals surface area contributed by atoms with Crippen LogP contribution in [0.1, 0.15) is 75.3 Å².